The first-order valence-electron chi connectivity index (χ1n) is 4.31. The van der Waals surface area contributed by atoms with Crippen LogP contribution in [0.1, 0.15) is 11.5 Å². The Morgan fingerprint density at radius 2 is 2.07 bits per heavy atom. The number of nitrogens with one attached hydrogen (secondary N) is 1. The third-order valence-electron chi connectivity index (χ3n) is 1.94. The number of rotatable bonds is 4. The lowest BCUT2D eigenvalue weighted by Crippen LogP contribution is -2.27. The number of halogens is 1. The molecule has 1 aromatic rings. The Morgan fingerprint density at radius 1 is 1.47 bits per heavy atom. The maximum Gasteiger partial charge on any atom is 0.404 e. The van der Waals surface area contributed by atoms with Crippen LogP contribution in [-0.4, -0.2) is 24.0 Å². The summed E-state index contributed by atoms with van der Waals surface area (Å²) in [5.41, 5.74) is 0.739. The van der Waals surface area contributed by atoms with E-state index in [1.165, 1.54) is 0 Å². The average molecular weight is 228 g/mol. The van der Waals surface area contributed by atoms with E-state index in [9.17, 15) is 9.59 Å². The van der Waals surface area contributed by atoms with Crippen molar-refractivity contribution in [3.05, 3.63) is 34.9 Å². The lowest BCUT2D eigenvalue weighted by molar-refractivity contribution is -0.108. The van der Waals surface area contributed by atoms with Crippen LogP contribution in [-0.2, 0) is 4.79 Å². The summed E-state index contributed by atoms with van der Waals surface area (Å²) in [4.78, 5) is 21.0. The molecule has 1 unspecified atom stereocenters. The molecule has 0 spiro atoms. The lowest BCUT2D eigenvalue weighted by Gasteiger charge is -2.10. The van der Waals surface area contributed by atoms with Crippen molar-refractivity contribution in [3.63, 3.8) is 0 Å². The quantitative estimate of drug-likeness (QED) is 0.772. The molecule has 1 amide bonds. The Kier molecular flexibility index (Phi) is 4.12. The van der Waals surface area contributed by atoms with Crippen LogP contribution in [0.4, 0.5) is 4.79 Å². The van der Waals surface area contributed by atoms with Gasteiger partial charge in [0.25, 0.3) is 0 Å². The van der Waals surface area contributed by atoms with Crippen molar-refractivity contribution >= 4 is 24.0 Å². The number of hydrogen-bond donors (Lipinski definition) is 2. The van der Waals surface area contributed by atoms with E-state index in [4.69, 9.17) is 16.7 Å². The van der Waals surface area contributed by atoms with E-state index in [-0.39, 0.29) is 6.54 Å². The van der Waals surface area contributed by atoms with Gasteiger partial charge in [-0.3, -0.25) is 0 Å². The number of benzene rings is 1. The molecule has 1 rings (SSSR count). The summed E-state index contributed by atoms with van der Waals surface area (Å²) in [6, 6.07) is 6.72. The second-order valence-electron chi connectivity index (χ2n) is 2.98. The molecule has 0 bridgehead atoms. The fourth-order valence-electron chi connectivity index (χ4n) is 1.15. The maximum absolute atomic E-state index is 10.7. The van der Waals surface area contributed by atoms with E-state index >= 15 is 0 Å². The molecule has 0 fully saturated rings. The van der Waals surface area contributed by atoms with Crippen molar-refractivity contribution in [1.82, 2.24) is 5.32 Å². The number of carbonyl (C=O) groups is 2. The van der Waals surface area contributed by atoms with Crippen LogP contribution >= 0.6 is 11.6 Å². The fourth-order valence-corrected chi connectivity index (χ4v) is 1.28. The van der Waals surface area contributed by atoms with Crippen molar-refractivity contribution < 1.29 is 14.7 Å². The van der Waals surface area contributed by atoms with Gasteiger partial charge >= 0.3 is 6.09 Å². The van der Waals surface area contributed by atoms with Crippen LogP contribution in [0.3, 0.4) is 0 Å². The molecule has 0 aliphatic carbocycles. The fraction of sp³-hybridized carbons (Fsp3) is 0.200. The van der Waals surface area contributed by atoms with Crippen LogP contribution in [0.5, 0.6) is 0 Å². The number of aldehydes is 1. The Labute approximate surface area is 91.9 Å². The summed E-state index contributed by atoms with van der Waals surface area (Å²) in [6.45, 7) is 0.0699. The first-order chi connectivity index (χ1) is 7.13. The largest absolute Gasteiger partial charge is 0.465 e. The molecular formula is C10H10ClNO3. The maximum atomic E-state index is 10.7. The summed E-state index contributed by atoms with van der Waals surface area (Å²) in [5, 5.41) is 11.1. The van der Waals surface area contributed by atoms with Crippen molar-refractivity contribution in [2.45, 2.75) is 5.92 Å². The van der Waals surface area contributed by atoms with Gasteiger partial charge in [0.15, 0.2) is 0 Å². The van der Waals surface area contributed by atoms with Crippen LogP contribution in [0.15, 0.2) is 24.3 Å². The molecule has 0 aliphatic rings. The van der Waals surface area contributed by atoms with E-state index in [0.29, 0.717) is 11.3 Å². The Bertz CT molecular complexity index is 350. The van der Waals surface area contributed by atoms with E-state index in [2.05, 4.69) is 5.32 Å². The predicted octanol–water partition coefficient (Wildman–Crippen LogP) is 1.89. The van der Waals surface area contributed by atoms with Gasteiger partial charge in [-0.05, 0) is 17.7 Å². The highest BCUT2D eigenvalue weighted by atomic mass is 35.5. The highest BCUT2D eigenvalue weighted by Crippen LogP contribution is 2.16. The molecule has 5 heteroatoms. The van der Waals surface area contributed by atoms with Gasteiger partial charge in [-0.2, -0.15) is 0 Å². The van der Waals surface area contributed by atoms with Crippen molar-refractivity contribution in [2.75, 3.05) is 6.54 Å². The third-order valence-corrected chi connectivity index (χ3v) is 2.19. The predicted molar refractivity (Wildman–Crippen MR) is 56.3 cm³/mol. The van der Waals surface area contributed by atoms with Crippen LogP contribution in [0.2, 0.25) is 5.02 Å². The smallest absolute Gasteiger partial charge is 0.404 e. The van der Waals surface area contributed by atoms with Gasteiger partial charge in [-0.15, -0.1) is 0 Å². The van der Waals surface area contributed by atoms with Crippen LogP contribution < -0.4 is 5.32 Å². The average Bonchev–Trinajstić information content (AvgIpc) is 2.21. The number of hydrogen-bond acceptors (Lipinski definition) is 2. The van der Waals surface area contributed by atoms with E-state index in [1.807, 2.05) is 0 Å². The third kappa shape index (κ3) is 3.59. The molecule has 0 saturated heterocycles. The lowest BCUT2D eigenvalue weighted by atomic mass is 10.0. The topological polar surface area (TPSA) is 66.4 Å². The molecule has 0 aliphatic heterocycles. The molecule has 1 atom stereocenters. The number of amides is 1. The molecule has 15 heavy (non-hydrogen) atoms. The minimum atomic E-state index is -1.14. The molecule has 0 saturated carbocycles. The second-order valence-corrected chi connectivity index (χ2v) is 3.42. The van der Waals surface area contributed by atoms with Gasteiger partial charge in [0.2, 0.25) is 0 Å². The van der Waals surface area contributed by atoms with Gasteiger partial charge in [-0.1, -0.05) is 23.7 Å². The zero-order valence-corrected chi connectivity index (χ0v) is 8.57. The van der Waals surface area contributed by atoms with E-state index < -0.39 is 12.0 Å². The van der Waals surface area contributed by atoms with Crippen molar-refractivity contribution in [3.8, 4) is 0 Å². The summed E-state index contributed by atoms with van der Waals surface area (Å²) < 4.78 is 0. The standard InChI is InChI=1S/C10H10ClNO3/c11-9-3-1-7(2-4-9)8(6-13)5-12-10(14)15/h1-4,6,8,12H,5H2,(H,14,15). The molecule has 0 radical (unpaired) electrons. The SMILES string of the molecule is O=CC(CNC(=O)O)c1ccc(Cl)cc1. The second kappa shape index (κ2) is 5.36. The Balaban J connectivity index is 2.69. The summed E-state index contributed by atoms with van der Waals surface area (Å²) in [6.07, 6.45) is -0.435. The highest BCUT2D eigenvalue weighted by Gasteiger charge is 2.11. The monoisotopic (exact) mass is 227 g/mol. The van der Waals surface area contributed by atoms with E-state index in [0.717, 1.165) is 5.56 Å². The van der Waals surface area contributed by atoms with Crippen molar-refractivity contribution in [2.24, 2.45) is 0 Å². The summed E-state index contributed by atoms with van der Waals surface area (Å²) in [5.74, 6) is -0.474. The normalized spacial score (nSPS) is 11.8. The molecule has 2 N–H and O–H groups in total. The zero-order valence-electron chi connectivity index (χ0n) is 7.81. The number of carboxylic acid groups (broad SMARTS) is 1. The number of carbonyl (C=O) groups excluding carboxylic acids is 1. The Morgan fingerprint density at radius 3 is 2.53 bits per heavy atom. The molecule has 1 aromatic carbocycles. The van der Waals surface area contributed by atoms with Gasteiger partial charge in [0, 0.05) is 11.6 Å². The van der Waals surface area contributed by atoms with Gasteiger partial charge < -0.3 is 15.2 Å². The van der Waals surface area contributed by atoms with Gasteiger partial charge in [0.05, 0.1) is 5.92 Å². The first kappa shape index (κ1) is 11.5. The zero-order chi connectivity index (χ0) is 11.3. The van der Waals surface area contributed by atoms with Crippen LogP contribution in [0, 0.1) is 0 Å². The molecule has 4 nitrogen and oxygen atoms in total. The van der Waals surface area contributed by atoms with E-state index in [1.54, 1.807) is 24.3 Å². The van der Waals surface area contributed by atoms with Crippen LogP contribution in [0.25, 0.3) is 0 Å². The Hall–Kier alpha value is -1.55. The summed E-state index contributed by atoms with van der Waals surface area (Å²) >= 11 is 5.69. The molecule has 0 heterocycles. The van der Waals surface area contributed by atoms with Gasteiger partial charge in [0.1, 0.15) is 6.29 Å². The molecule has 80 valence electrons. The van der Waals surface area contributed by atoms with Gasteiger partial charge in [-0.25, -0.2) is 4.79 Å². The summed E-state index contributed by atoms with van der Waals surface area (Å²) in [7, 11) is 0. The molecular weight excluding hydrogens is 218 g/mol. The van der Waals surface area contributed by atoms with Crippen molar-refractivity contribution in [1.29, 1.82) is 0 Å². The minimum absolute atomic E-state index is 0.0699. The minimum Gasteiger partial charge on any atom is -0.465 e. The highest BCUT2D eigenvalue weighted by molar-refractivity contribution is 6.30. The first-order valence-corrected chi connectivity index (χ1v) is 4.69. The molecule has 0 aromatic heterocycles.